The molecule has 0 radical (unpaired) electrons. The fourth-order valence-corrected chi connectivity index (χ4v) is 11.3. The predicted octanol–water partition coefficient (Wildman–Crippen LogP) is 10.6. The van der Waals surface area contributed by atoms with Gasteiger partial charge in [0.25, 0.3) is 5.56 Å². The molecule has 1 saturated heterocycles. The van der Waals surface area contributed by atoms with Gasteiger partial charge in [0.15, 0.2) is 5.65 Å². The van der Waals surface area contributed by atoms with E-state index in [4.69, 9.17) is 9.72 Å². The van der Waals surface area contributed by atoms with Gasteiger partial charge >= 0.3 is 0 Å². The van der Waals surface area contributed by atoms with Crippen LogP contribution in [-0.4, -0.2) is 77.6 Å². The van der Waals surface area contributed by atoms with Gasteiger partial charge in [-0.05, 0) is 117 Å². The zero-order valence-corrected chi connectivity index (χ0v) is 40.1. The summed E-state index contributed by atoms with van der Waals surface area (Å²) in [5.74, 6) is 3.77. The van der Waals surface area contributed by atoms with Crippen molar-refractivity contribution in [1.82, 2.24) is 24.8 Å². The summed E-state index contributed by atoms with van der Waals surface area (Å²) in [6.07, 6.45) is 22.2. The fourth-order valence-electron chi connectivity index (χ4n) is 11.3. The lowest BCUT2D eigenvalue weighted by molar-refractivity contribution is -0.124. The number of anilines is 4. The molecule has 7 rings (SSSR count). The SMILES string of the molecule is CCC(=O)Nc1cccc(-n2c(=O)cc(C)c3cnc(Nc4ccc(N5CCN(CCCCCCCCCCCCNC(=O)CC6(C)CC7CC(C)CC(C7)C6)CC5)cc4OC)nc32)c1. The number of carbonyl (C=O) groups is 2. The molecule has 3 aliphatic rings. The number of unbranched alkanes of at least 4 members (excludes halogenated alkanes) is 9. The van der Waals surface area contributed by atoms with E-state index in [0.29, 0.717) is 35.1 Å². The van der Waals surface area contributed by atoms with E-state index in [9.17, 15) is 14.4 Å². The van der Waals surface area contributed by atoms with Crippen molar-refractivity contribution in [2.75, 3.05) is 61.9 Å². The van der Waals surface area contributed by atoms with Gasteiger partial charge in [0.2, 0.25) is 17.8 Å². The van der Waals surface area contributed by atoms with Crippen LogP contribution in [0.15, 0.2) is 59.5 Å². The minimum atomic E-state index is -0.223. The first kappa shape index (κ1) is 48.0. The molecule has 1 aliphatic heterocycles. The number of aryl methyl sites for hydroxylation is 1. The third-order valence-corrected chi connectivity index (χ3v) is 14.4. The maximum absolute atomic E-state index is 13.4. The number of nitrogens with zero attached hydrogens (tertiary/aromatic N) is 5. The Hall–Kier alpha value is -4.97. The van der Waals surface area contributed by atoms with Crippen molar-refractivity contribution in [3.8, 4) is 11.4 Å². The second-order valence-electron chi connectivity index (χ2n) is 20.0. The van der Waals surface area contributed by atoms with Crippen molar-refractivity contribution in [1.29, 1.82) is 0 Å². The highest BCUT2D eigenvalue weighted by Gasteiger charge is 2.41. The molecule has 2 saturated carbocycles. The van der Waals surface area contributed by atoms with Crippen LogP contribution in [0.4, 0.5) is 23.0 Å². The van der Waals surface area contributed by atoms with Gasteiger partial charge in [-0.25, -0.2) is 4.98 Å². The first-order valence-corrected chi connectivity index (χ1v) is 25.0. The maximum atomic E-state index is 13.4. The van der Waals surface area contributed by atoms with Crippen LogP contribution in [0.1, 0.15) is 135 Å². The van der Waals surface area contributed by atoms with Crippen molar-refractivity contribution in [2.45, 2.75) is 137 Å². The van der Waals surface area contributed by atoms with Crippen LogP contribution >= 0.6 is 0 Å². The molecule has 65 heavy (non-hydrogen) atoms. The summed E-state index contributed by atoms with van der Waals surface area (Å²) < 4.78 is 7.40. The highest BCUT2D eigenvalue weighted by molar-refractivity contribution is 5.91. The first-order valence-electron chi connectivity index (χ1n) is 25.0. The fraction of sp³-hybridized carbons (Fsp3) is 0.604. The summed E-state index contributed by atoms with van der Waals surface area (Å²) in [6, 6.07) is 15.0. The number of nitrogens with one attached hydrogen (secondary N) is 3. The number of carbonyl (C=O) groups excluding carboxylic acids is 2. The molecular weight excluding hydrogens is 813 g/mol. The number of fused-ring (bicyclic) bond motifs is 3. The van der Waals surface area contributed by atoms with Crippen molar-refractivity contribution in [2.24, 2.45) is 23.2 Å². The summed E-state index contributed by atoms with van der Waals surface area (Å²) >= 11 is 0. The van der Waals surface area contributed by atoms with E-state index in [0.717, 1.165) is 92.2 Å². The van der Waals surface area contributed by atoms with Crippen LogP contribution in [0.3, 0.4) is 0 Å². The summed E-state index contributed by atoms with van der Waals surface area (Å²) in [5.41, 5.74) is 4.29. The summed E-state index contributed by atoms with van der Waals surface area (Å²) in [7, 11) is 1.67. The molecule has 2 aromatic carbocycles. The number of benzene rings is 2. The average molecular weight is 889 g/mol. The maximum Gasteiger partial charge on any atom is 0.257 e. The monoisotopic (exact) mass is 889 g/mol. The second kappa shape index (κ2) is 23.0. The van der Waals surface area contributed by atoms with Crippen molar-refractivity contribution >= 4 is 45.9 Å². The lowest BCUT2D eigenvalue weighted by Crippen LogP contribution is -2.46. The zero-order chi connectivity index (χ0) is 45.8. The van der Waals surface area contributed by atoms with Crippen molar-refractivity contribution in [3.63, 3.8) is 0 Å². The Kier molecular flexibility index (Phi) is 17.0. The summed E-state index contributed by atoms with van der Waals surface area (Å²) in [4.78, 5) is 52.7. The number of aromatic nitrogens is 3. The topological polar surface area (TPSA) is 134 Å². The quantitative estimate of drug-likeness (QED) is 0.0660. The highest BCUT2D eigenvalue weighted by Crippen LogP contribution is 2.51. The Morgan fingerprint density at radius 2 is 1.52 bits per heavy atom. The van der Waals surface area contributed by atoms with Crippen LogP contribution in [-0.2, 0) is 9.59 Å². The average Bonchev–Trinajstić information content (AvgIpc) is 3.27. The van der Waals surface area contributed by atoms with Gasteiger partial charge in [-0.1, -0.05) is 78.2 Å². The summed E-state index contributed by atoms with van der Waals surface area (Å²) in [6.45, 7) is 14.5. The van der Waals surface area contributed by atoms with Crippen molar-refractivity contribution in [3.05, 3.63) is 70.6 Å². The third-order valence-electron chi connectivity index (χ3n) is 14.4. The molecule has 12 heteroatoms. The van der Waals surface area contributed by atoms with Gasteiger partial charge in [0, 0.05) is 80.7 Å². The van der Waals surface area contributed by atoms with Crippen LogP contribution < -0.4 is 31.1 Å². The lowest BCUT2D eigenvalue weighted by atomic mass is 9.58. The van der Waals surface area contributed by atoms with E-state index in [2.05, 4.69) is 56.7 Å². The predicted molar refractivity (Wildman–Crippen MR) is 265 cm³/mol. The highest BCUT2D eigenvalue weighted by atomic mass is 16.5. The van der Waals surface area contributed by atoms with E-state index < -0.39 is 0 Å². The molecular formula is C53H76N8O4. The Bertz CT molecular complexity index is 2250. The number of hydrogen-bond acceptors (Lipinski definition) is 9. The smallest absolute Gasteiger partial charge is 0.257 e. The van der Waals surface area contributed by atoms with E-state index in [1.54, 1.807) is 43.0 Å². The molecule has 4 aromatic rings. The lowest BCUT2D eigenvalue weighted by Gasteiger charge is -2.47. The van der Waals surface area contributed by atoms with Gasteiger partial charge < -0.3 is 25.6 Å². The molecule has 12 nitrogen and oxygen atoms in total. The Morgan fingerprint density at radius 3 is 2.22 bits per heavy atom. The van der Waals surface area contributed by atoms with Gasteiger partial charge in [0.05, 0.1) is 18.5 Å². The number of rotatable bonds is 22. The Balaban J connectivity index is 0.771. The number of hydrogen-bond donors (Lipinski definition) is 3. The van der Waals surface area contributed by atoms with Crippen LogP contribution in [0, 0.1) is 30.1 Å². The molecule has 352 valence electrons. The normalized spacial score (nSPS) is 21.0. The Morgan fingerprint density at radius 1 is 0.831 bits per heavy atom. The molecule has 0 spiro atoms. The van der Waals surface area contributed by atoms with Crippen molar-refractivity contribution < 1.29 is 14.3 Å². The number of amides is 2. The van der Waals surface area contributed by atoms with Crippen LogP contribution in [0.25, 0.3) is 16.7 Å². The molecule has 3 fully saturated rings. The minimum Gasteiger partial charge on any atom is -0.494 e. The molecule has 3 N–H and O–H groups in total. The molecule has 2 aromatic heterocycles. The minimum absolute atomic E-state index is 0.102. The molecule has 3 heterocycles. The van der Waals surface area contributed by atoms with Gasteiger partial charge in [-0.3, -0.25) is 23.9 Å². The van der Waals surface area contributed by atoms with Crippen LogP contribution in [0.2, 0.25) is 0 Å². The molecule has 2 atom stereocenters. The van der Waals surface area contributed by atoms with E-state index in [1.807, 2.05) is 25.1 Å². The number of piperazine rings is 1. The molecule has 2 unspecified atom stereocenters. The van der Waals surface area contributed by atoms with E-state index in [-0.39, 0.29) is 22.8 Å². The number of ether oxygens (including phenoxy) is 1. The van der Waals surface area contributed by atoms with Gasteiger partial charge in [-0.15, -0.1) is 0 Å². The molecule has 2 aliphatic carbocycles. The van der Waals surface area contributed by atoms with E-state index >= 15 is 0 Å². The van der Waals surface area contributed by atoms with E-state index in [1.165, 1.54) is 89.9 Å². The number of methoxy groups -OCH3 is 1. The Labute approximate surface area is 387 Å². The standard InChI is InChI=1S/C53H76N8O4/c1-6-48(62)56-42-18-17-19-44(32-42)61-50(64)30-39(3)45-37-55-52(58-51(45)61)57-46-21-20-43(33-47(46)65-5)60-26-24-59(25-27-60)23-16-14-12-10-8-7-9-11-13-15-22-54-49(63)36-53(4)34-40-28-38(2)29-41(31-40)35-53/h17-21,30,32-33,37-38,40-41H,6-16,22-29,31,34-36H2,1-5H3,(H,54,63)(H,56,62)(H,55,57,58). The largest absolute Gasteiger partial charge is 0.494 e. The third kappa shape index (κ3) is 13.3. The first-order chi connectivity index (χ1) is 31.5. The number of pyridine rings is 1. The second-order valence-corrected chi connectivity index (χ2v) is 20.0. The van der Waals surface area contributed by atoms with Gasteiger partial charge in [0.1, 0.15) is 5.75 Å². The van der Waals surface area contributed by atoms with Crippen LogP contribution in [0.5, 0.6) is 5.75 Å². The summed E-state index contributed by atoms with van der Waals surface area (Å²) in [5, 5.41) is 10.2. The van der Waals surface area contributed by atoms with Gasteiger partial charge in [-0.2, -0.15) is 4.98 Å². The zero-order valence-electron chi connectivity index (χ0n) is 40.1. The molecule has 2 bridgehead atoms. The molecule has 2 amide bonds.